The molecule has 4 heteroatoms. The summed E-state index contributed by atoms with van der Waals surface area (Å²) in [6.07, 6.45) is 3.32. The van der Waals surface area contributed by atoms with Crippen LogP contribution in [-0.4, -0.2) is 29.9 Å². The minimum absolute atomic E-state index is 0.170. The number of esters is 1. The van der Waals surface area contributed by atoms with Crippen LogP contribution in [0.1, 0.15) is 43.7 Å². The normalized spacial score (nSPS) is 13.7. The van der Waals surface area contributed by atoms with Crippen LogP contribution >= 0.6 is 0 Å². The molecular formula is C17H23NO3. The van der Waals surface area contributed by atoms with Crippen LogP contribution in [0.15, 0.2) is 24.3 Å². The second kappa shape index (κ2) is 7.81. The summed E-state index contributed by atoms with van der Waals surface area (Å²) in [6, 6.07) is 8.30. The molecule has 0 N–H and O–H groups in total. The maximum atomic E-state index is 12.2. The summed E-state index contributed by atoms with van der Waals surface area (Å²) in [5.41, 5.74) is 2.60. The van der Waals surface area contributed by atoms with Gasteiger partial charge in [-0.3, -0.25) is 9.59 Å². The summed E-state index contributed by atoms with van der Waals surface area (Å²) >= 11 is 0. The number of carbonyl (C=O) groups excluding carboxylic acids is 2. The minimum Gasteiger partial charge on any atom is -0.466 e. The quantitative estimate of drug-likeness (QED) is 0.597. The molecule has 0 radical (unpaired) electrons. The molecule has 114 valence electrons. The summed E-state index contributed by atoms with van der Waals surface area (Å²) in [4.78, 5) is 25.3. The molecule has 4 nitrogen and oxygen atoms in total. The Morgan fingerprint density at radius 1 is 1.14 bits per heavy atom. The van der Waals surface area contributed by atoms with E-state index in [0.29, 0.717) is 26.0 Å². The summed E-state index contributed by atoms with van der Waals surface area (Å²) < 4.78 is 4.87. The molecule has 0 saturated heterocycles. The van der Waals surface area contributed by atoms with E-state index in [1.807, 2.05) is 17.0 Å². The molecule has 0 saturated carbocycles. The van der Waals surface area contributed by atoms with Crippen LogP contribution in [0.4, 0.5) is 0 Å². The Hall–Kier alpha value is -1.84. The summed E-state index contributed by atoms with van der Waals surface area (Å²) in [7, 11) is 0. The molecule has 0 unspecified atom stereocenters. The van der Waals surface area contributed by atoms with E-state index in [0.717, 1.165) is 25.8 Å². The van der Waals surface area contributed by atoms with Crippen molar-refractivity contribution in [3.8, 4) is 0 Å². The highest BCUT2D eigenvalue weighted by Crippen LogP contribution is 2.19. The third-order valence-corrected chi connectivity index (χ3v) is 3.81. The number of amides is 1. The number of hydrogen-bond donors (Lipinski definition) is 0. The molecule has 0 fully saturated rings. The Labute approximate surface area is 126 Å². The van der Waals surface area contributed by atoms with Gasteiger partial charge in [-0.1, -0.05) is 24.3 Å². The zero-order chi connectivity index (χ0) is 15.1. The third kappa shape index (κ3) is 4.59. The van der Waals surface area contributed by atoms with E-state index in [1.54, 1.807) is 6.92 Å². The number of hydrogen-bond acceptors (Lipinski definition) is 3. The number of benzene rings is 1. The van der Waals surface area contributed by atoms with Gasteiger partial charge in [0.2, 0.25) is 5.91 Å². The van der Waals surface area contributed by atoms with Crippen molar-refractivity contribution >= 4 is 11.9 Å². The zero-order valence-electron chi connectivity index (χ0n) is 12.6. The summed E-state index contributed by atoms with van der Waals surface area (Å²) in [5.74, 6) is 0.0187. The molecule has 1 aliphatic heterocycles. The van der Waals surface area contributed by atoms with E-state index in [-0.39, 0.29) is 11.9 Å². The molecule has 0 atom stereocenters. The number of fused-ring (bicyclic) bond motifs is 1. The van der Waals surface area contributed by atoms with Gasteiger partial charge in [0.25, 0.3) is 0 Å². The molecule has 0 bridgehead atoms. The summed E-state index contributed by atoms with van der Waals surface area (Å²) in [6.45, 7) is 3.74. The molecule has 1 aliphatic rings. The second-order valence-corrected chi connectivity index (χ2v) is 5.35. The number of carbonyl (C=O) groups is 2. The van der Waals surface area contributed by atoms with Gasteiger partial charge in [0, 0.05) is 25.9 Å². The van der Waals surface area contributed by atoms with Crippen molar-refractivity contribution in [3.05, 3.63) is 35.4 Å². The molecule has 1 aromatic rings. The maximum absolute atomic E-state index is 12.2. The van der Waals surface area contributed by atoms with Gasteiger partial charge < -0.3 is 9.64 Å². The largest absolute Gasteiger partial charge is 0.466 e. The first-order valence-electron chi connectivity index (χ1n) is 7.71. The Bertz CT molecular complexity index is 499. The molecule has 1 heterocycles. The molecule has 0 aliphatic carbocycles. The van der Waals surface area contributed by atoms with Gasteiger partial charge in [-0.2, -0.15) is 0 Å². The zero-order valence-corrected chi connectivity index (χ0v) is 12.6. The van der Waals surface area contributed by atoms with Crippen LogP contribution in [-0.2, 0) is 27.3 Å². The highest BCUT2D eigenvalue weighted by atomic mass is 16.5. The van der Waals surface area contributed by atoms with Crippen LogP contribution in [0.2, 0.25) is 0 Å². The van der Waals surface area contributed by atoms with Crippen LogP contribution in [0.5, 0.6) is 0 Å². The number of nitrogens with zero attached hydrogens (tertiary/aromatic N) is 1. The van der Waals surface area contributed by atoms with E-state index in [4.69, 9.17) is 4.74 Å². The van der Waals surface area contributed by atoms with Gasteiger partial charge in [0.05, 0.1) is 6.61 Å². The number of rotatable bonds is 6. The van der Waals surface area contributed by atoms with Gasteiger partial charge in [0.15, 0.2) is 0 Å². The Morgan fingerprint density at radius 2 is 1.86 bits per heavy atom. The maximum Gasteiger partial charge on any atom is 0.305 e. The minimum atomic E-state index is -0.170. The fourth-order valence-electron chi connectivity index (χ4n) is 2.65. The third-order valence-electron chi connectivity index (χ3n) is 3.81. The van der Waals surface area contributed by atoms with Gasteiger partial charge >= 0.3 is 5.97 Å². The fraction of sp³-hybridized carbons (Fsp3) is 0.529. The Morgan fingerprint density at radius 3 is 2.62 bits per heavy atom. The average molecular weight is 289 g/mol. The van der Waals surface area contributed by atoms with E-state index in [2.05, 4.69) is 12.1 Å². The Kier molecular flexibility index (Phi) is 5.78. The molecular weight excluding hydrogens is 266 g/mol. The summed E-state index contributed by atoms with van der Waals surface area (Å²) in [5, 5.41) is 0. The van der Waals surface area contributed by atoms with E-state index in [1.165, 1.54) is 11.1 Å². The Balaban J connectivity index is 1.71. The van der Waals surface area contributed by atoms with E-state index in [9.17, 15) is 9.59 Å². The van der Waals surface area contributed by atoms with Gasteiger partial charge in [0.1, 0.15) is 0 Å². The van der Waals surface area contributed by atoms with E-state index >= 15 is 0 Å². The lowest BCUT2D eigenvalue weighted by atomic mass is 9.99. The average Bonchev–Trinajstić information content (AvgIpc) is 2.51. The van der Waals surface area contributed by atoms with Gasteiger partial charge in [-0.05, 0) is 37.3 Å². The molecule has 0 aromatic heterocycles. The van der Waals surface area contributed by atoms with Crippen molar-refractivity contribution < 1.29 is 14.3 Å². The SMILES string of the molecule is CCOC(=O)CCCCC(=O)N1CCc2ccccc2C1. The second-order valence-electron chi connectivity index (χ2n) is 5.35. The lowest BCUT2D eigenvalue weighted by Gasteiger charge is -2.29. The topological polar surface area (TPSA) is 46.6 Å². The van der Waals surface area contributed by atoms with Crippen molar-refractivity contribution in [1.82, 2.24) is 4.90 Å². The smallest absolute Gasteiger partial charge is 0.305 e. The van der Waals surface area contributed by atoms with E-state index < -0.39 is 0 Å². The van der Waals surface area contributed by atoms with Crippen molar-refractivity contribution in [2.75, 3.05) is 13.2 Å². The monoisotopic (exact) mass is 289 g/mol. The molecule has 2 rings (SSSR count). The first-order valence-corrected chi connectivity index (χ1v) is 7.71. The lowest BCUT2D eigenvalue weighted by Crippen LogP contribution is -2.35. The highest BCUT2D eigenvalue weighted by Gasteiger charge is 2.19. The van der Waals surface area contributed by atoms with Crippen LogP contribution in [0, 0.1) is 0 Å². The molecule has 0 spiro atoms. The predicted octanol–water partition coefficient (Wildman–Crippen LogP) is 2.69. The van der Waals surface area contributed by atoms with Crippen molar-refractivity contribution in [1.29, 1.82) is 0 Å². The van der Waals surface area contributed by atoms with Crippen molar-refractivity contribution in [3.63, 3.8) is 0 Å². The molecule has 21 heavy (non-hydrogen) atoms. The van der Waals surface area contributed by atoms with Crippen LogP contribution < -0.4 is 0 Å². The lowest BCUT2D eigenvalue weighted by molar-refractivity contribution is -0.143. The van der Waals surface area contributed by atoms with Crippen molar-refractivity contribution in [2.24, 2.45) is 0 Å². The van der Waals surface area contributed by atoms with Crippen LogP contribution in [0.25, 0.3) is 0 Å². The first kappa shape index (κ1) is 15.5. The first-order chi connectivity index (χ1) is 10.2. The van der Waals surface area contributed by atoms with Crippen LogP contribution in [0.3, 0.4) is 0 Å². The number of ether oxygens (including phenoxy) is 1. The predicted molar refractivity (Wildman–Crippen MR) is 80.7 cm³/mol. The van der Waals surface area contributed by atoms with Crippen molar-refractivity contribution in [2.45, 2.75) is 45.6 Å². The number of unbranched alkanes of at least 4 members (excludes halogenated alkanes) is 1. The van der Waals surface area contributed by atoms with Gasteiger partial charge in [-0.25, -0.2) is 0 Å². The fourth-order valence-corrected chi connectivity index (χ4v) is 2.65. The molecule has 1 aromatic carbocycles. The van der Waals surface area contributed by atoms with Gasteiger partial charge in [-0.15, -0.1) is 0 Å². The standard InChI is InChI=1S/C17H23NO3/c1-2-21-17(20)10-6-5-9-16(19)18-12-11-14-7-3-4-8-15(14)13-18/h3-4,7-8H,2,5-6,9-13H2,1H3. The highest BCUT2D eigenvalue weighted by molar-refractivity contribution is 5.76. The molecule has 1 amide bonds.